The van der Waals surface area contributed by atoms with Gasteiger partial charge in [-0.1, -0.05) is 0 Å². The van der Waals surface area contributed by atoms with Crippen LogP contribution in [0.25, 0.3) is 5.57 Å². The fourth-order valence-electron chi connectivity index (χ4n) is 2.29. The number of nitrogens with zero attached hydrogens (tertiary/aromatic N) is 3. The van der Waals surface area contributed by atoms with Gasteiger partial charge in [0.2, 0.25) is 0 Å². The van der Waals surface area contributed by atoms with Crippen molar-refractivity contribution < 1.29 is 8.78 Å². The molecule has 2 heterocycles. The van der Waals surface area contributed by atoms with Gasteiger partial charge in [-0.3, -0.25) is 2.52 Å². The highest BCUT2D eigenvalue weighted by Gasteiger charge is 2.25. The standard InChI is InChI=1S/C15H9F2IN4S/c1-7-2-9-10(6-22(18)23-14(9)11(16)3-7)13-8(5-19)4-12(17)15(20)21-13/h2-4,6H,1H3,(H2,20,21). The fourth-order valence-corrected chi connectivity index (χ4v) is 3.90. The van der Waals surface area contributed by atoms with E-state index in [2.05, 4.69) is 4.98 Å². The highest BCUT2D eigenvalue weighted by atomic mass is 127. The maximum atomic E-state index is 14.3. The molecule has 0 saturated heterocycles. The van der Waals surface area contributed by atoms with Gasteiger partial charge in [0.15, 0.2) is 11.6 Å². The van der Waals surface area contributed by atoms with Crippen molar-refractivity contribution in [3.63, 3.8) is 0 Å². The van der Waals surface area contributed by atoms with Crippen LogP contribution in [0.3, 0.4) is 0 Å². The molecule has 0 radical (unpaired) electrons. The van der Waals surface area contributed by atoms with Crippen molar-refractivity contribution in [3.05, 3.63) is 58.4 Å². The summed E-state index contributed by atoms with van der Waals surface area (Å²) in [5, 5.41) is 9.27. The Labute approximate surface area is 149 Å². The Kier molecular flexibility index (Phi) is 4.16. The second-order valence-corrected chi connectivity index (χ2v) is 7.57. The summed E-state index contributed by atoms with van der Waals surface area (Å²) in [6.07, 6.45) is 1.72. The highest BCUT2D eigenvalue weighted by Crippen LogP contribution is 2.43. The van der Waals surface area contributed by atoms with Gasteiger partial charge in [0.1, 0.15) is 11.9 Å². The Morgan fingerprint density at radius 3 is 2.74 bits per heavy atom. The molecular formula is C15H9F2IN4S. The molecule has 3 rings (SSSR count). The van der Waals surface area contributed by atoms with Gasteiger partial charge in [-0.2, -0.15) is 5.26 Å². The van der Waals surface area contributed by atoms with Gasteiger partial charge < -0.3 is 5.73 Å². The van der Waals surface area contributed by atoms with Crippen molar-refractivity contribution in [2.24, 2.45) is 0 Å². The van der Waals surface area contributed by atoms with Crippen LogP contribution in [0.2, 0.25) is 0 Å². The average molecular weight is 442 g/mol. The predicted octanol–water partition coefficient (Wildman–Crippen LogP) is 4.18. The molecule has 0 saturated carbocycles. The van der Waals surface area contributed by atoms with Gasteiger partial charge in [0.05, 0.1) is 39.0 Å². The number of benzene rings is 1. The van der Waals surface area contributed by atoms with E-state index in [9.17, 15) is 14.0 Å². The summed E-state index contributed by atoms with van der Waals surface area (Å²) in [7, 11) is 0. The smallest absolute Gasteiger partial charge is 0.166 e. The number of halogens is 3. The predicted molar refractivity (Wildman–Crippen MR) is 93.3 cm³/mol. The van der Waals surface area contributed by atoms with E-state index in [4.69, 9.17) is 5.73 Å². The molecule has 0 amide bonds. The molecule has 0 fully saturated rings. The zero-order chi connectivity index (χ0) is 16.7. The third kappa shape index (κ3) is 2.86. The lowest BCUT2D eigenvalue weighted by Crippen LogP contribution is -2.10. The molecule has 0 bridgehead atoms. The van der Waals surface area contributed by atoms with E-state index >= 15 is 0 Å². The minimum absolute atomic E-state index is 0.0486. The zero-order valence-corrected chi connectivity index (χ0v) is 14.7. The fraction of sp³-hybridized carbons (Fsp3) is 0.0667. The minimum atomic E-state index is -0.752. The first-order valence-electron chi connectivity index (χ1n) is 6.42. The number of fused-ring (bicyclic) bond motifs is 1. The maximum absolute atomic E-state index is 14.3. The zero-order valence-electron chi connectivity index (χ0n) is 11.8. The van der Waals surface area contributed by atoms with Crippen LogP contribution in [-0.2, 0) is 0 Å². The maximum Gasteiger partial charge on any atom is 0.166 e. The molecular weight excluding hydrogens is 433 g/mol. The van der Waals surface area contributed by atoms with Crippen LogP contribution >= 0.6 is 34.8 Å². The topological polar surface area (TPSA) is 65.9 Å². The van der Waals surface area contributed by atoms with Crippen LogP contribution in [-0.4, -0.2) is 7.50 Å². The van der Waals surface area contributed by atoms with E-state index in [1.54, 1.807) is 15.6 Å². The summed E-state index contributed by atoms with van der Waals surface area (Å²) < 4.78 is 29.5. The van der Waals surface area contributed by atoms with Gasteiger partial charge in [-0.25, -0.2) is 13.8 Å². The van der Waals surface area contributed by atoms with Crippen molar-refractivity contribution >= 4 is 46.2 Å². The van der Waals surface area contributed by atoms with Crippen LogP contribution in [0.15, 0.2) is 29.3 Å². The van der Waals surface area contributed by atoms with Gasteiger partial charge in [-0.15, -0.1) is 0 Å². The van der Waals surface area contributed by atoms with E-state index in [-0.39, 0.29) is 22.9 Å². The normalized spacial score (nSPS) is 13.3. The number of aryl methyl sites for hydroxylation is 1. The quantitative estimate of drug-likeness (QED) is 0.408. The first-order valence-corrected chi connectivity index (χ1v) is 8.16. The first-order chi connectivity index (χ1) is 10.9. The van der Waals surface area contributed by atoms with Crippen molar-refractivity contribution in [1.82, 2.24) is 7.50 Å². The van der Waals surface area contributed by atoms with Crippen molar-refractivity contribution in [3.8, 4) is 6.07 Å². The molecule has 23 heavy (non-hydrogen) atoms. The third-order valence-corrected chi connectivity index (χ3v) is 5.01. The lowest BCUT2D eigenvalue weighted by atomic mass is 9.97. The lowest BCUT2D eigenvalue weighted by molar-refractivity contribution is 0.598. The van der Waals surface area contributed by atoms with Crippen molar-refractivity contribution in [2.75, 3.05) is 5.73 Å². The Balaban J connectivity index is 2.30. The number of hydrogen-bond donors (Lipinski definition) is 1. The molecule has 1 aliphatic rings. The van der Waals surface area contributed by atoms with Crippen molar-refractivity contribution in [1.29, 1.82) is 5.26 Å². The van der Waals surface area contributed by atoms with Crippen LogP contribution in [0.4, 0.5) is 14.6 Å². The summed E-state index contributed by atoms with van der Waals surface area (Å²) in [6.45, 7) is 1.78. The molecule has 1 aromatic carbocycles. The van der Waals surface area contributed by atoms with E-state index < -0.39 is 5.82 Å². The average Bonchev–Trinajstić information content (AvgIpc) is 2.49. The number of anilines is 1. The molecule has 0 aliphatic carbocycles. The second-order valence-electron chi connectivity index (χ2n) is 4.89. The third-order valence-electron chi connectivity index (χ3n) is 3.27. The SMILES string of the molecule is Cc1cc(F)c2c(c1)C(c1nc(N)c(F)cc1C#N)=CN(I)S2. The molecule has 1 aromatic heterocycles. The number of aromatic nitrogens is 1. The molecule has 0 unspecified atom stereocenters. The van der Waals surface area contributed by atoms with Crippen molar-refractivity contribution in [2.45, 2.75) is 11.8 Å². The highest BCUT2D eigenvalue weighted by molar-refractivity contribution is 14.1. The second kappa shape index (κ2) is 5.98. The Bertz CT molecular complexity index is 892. The summed E-state index contributed by atoms with van der Waals surface area (Å²) in [5.41, 5.74) is 7.71. The monoisotopic (exact) mass is 442 g/mol. The van der Waals surface area contributed by atoms with Crippen LogP contribution < -0.4 is 5.73 Å². The molecule has 1 aliphatic heterocycles. The number of pyridine rings is 1. The summed E-state index contributed by atoms with van der Waals surface area (Å²) in [6, 6.07) is 6.21. The summed E-state index contributed by atoms with van der Waals surface area (Å²) in [5.74, 6) is -1.41. The van der Waals surface area contributed by atoms with E-state index in [0.717, 1.165) is 11.6 Å². The summed E-state index contributed by atoms with van der Waals surface area (Å²) in [4.78, 5) is 4.44. The molecule has 0 atom stereocenters. The Hall–Kier alpha value is -1.86. The van der Waals surface area contributed by atoms with E-state index in [1.165, 1.54) is 18.0 Å². The van der Waals surface area contributed by atoms with Crippen LogP contribution in [0, 0.1) is 29.9 Å². The van der Waals surface area contributed by atoms with Gasteiger partial charge in [0, 0.05) is 29.3 Å². The molecule has 2 aromatic rings. The largest absolute Gasteiger partial charge is 0.381 e. The number of hydrogen-bond acceptors (Lipinski definition) is 5. The van der Waals surface area contributed by atoms with Gasteiger partial charge in [-0.05, 0) is 30.7 Å². The van der Waals surface area contributed by atoms with Crippen LogP contribution in [0.5, 0.6) is 0 Å². The lowest BCUT2D eigenvalue weighted by Gasteiger charge is -2.24. The molecule has 8 heteroatoms. The van der Waals surface area contributed by atoms with Crippen LogP contribution in [0.1, 0.15) is 22.4 Å². The number of rotatable bonds is 1. The van der Waals surface area contributed by atoms with E-state index in [1.807, 2.05) is 35.0 Å². The molecule has 4 nitrogen and oxygen atoms in total. The Morgan fingerprint density at radius 2 is 2.04 bits per heavy atom. The Morgan fingerprint density at radius 1 is 1.30 bits per heavy atom. The number of nitriles is 1. The number of nitrogens with two attached hydrogens (primary N) is 1. The first kappa shape index (κ1) is 16.0. The van der Waals surface area contributed by atoms with E-state index in [0.29, 0.717) is 16.0 Å². The summed E-state index contributed by atoms with van der Waals surface area (Å²) >= 11 is 3.22. The molecule has 116 valence electrons. The number of nitrogen functional groups attached to an aromatic ring is 1. The minimum Gasteiger partial charge on any atom is -0.381 e. The molecule has 0 spiro atoms. The molecule has 2 N–H and O–H groups in total. The van der Waals surface area contributed by atoms with Gasteiger partial charge in [0.25, 0.3) is 0 Å². The van der Waals surface area contributed by atoms with Gasteiger partial charge >= 0.3 is 0 Å².